The first kappa shape index (κ1) is 15.8. The number of benzene rings is 2. The third-order valence-corrected chi connectivity index (χ3v) is 5.52. The second kappa shape index (κ2) is 6.17. The van der Waals surface area contributed by atoms with Crippen molar-refractivity contribution in [3.05, 3.63) is 54.3 Å². The molecule has 0 saturated carbocycles. The predicted molar refractivity (Wildman–Crippen MR) is 86.9 cm³/mol. The highest BCUT2D eigenvalue weighted by Crippen LogP contribution is 2.42. The van der Waals surface area contributed by atoms with E-state index in [1.165, 1.54) is 22.5 Å². The monoisotopic (exact) mass is 336 g/mol. The molecule has 1 atom stereocenters. The Morgan fingerprint density at radius 2 is 1.96 bits per heavy atom. The zero-order chi connectivity index (χ0) is 16.4. The zero-order valence-corrected chi connectivity index (χ0v) is 13.4. The van der Waals surface area contributed by atoms with Crippen molar-refractivity contribution in [2.24, 2.45) is 0 Å². The Hall–Kier alpha value is -2.12. The Kier molecular flexibility index (Phi) is 4.23. The maximum absolute atomic E-state index is 13.5. The van der Waals surface area contributed by atoms with Crippen LogP contribution in [0.15, 0.2) is 48.5 Å². The Bertz CT molecular complexity index is 796. The minimum Gasteiger partial charge on any atom is -0.470 e. The molecule has 1 N–H and O–H groups in total. The van der Waals surface area contributed by atoms with Crippen molar-refractivity contribution in [2.75, 3.05) is 17.9 Å². The first-order valence-electron chi connectivity index (χ1n) is 7.24. The van der Waals surface area contributed by atoms with Gasteiger partial charge in [-0.05, 0) is 37.9 Å². The second-order valence-corrected chi connectivity index (χ2v) is 7.12. The molecular formula is C16H17FN2O3S. The highest BCUT2D eigenvalue weighted by atomic mass is 32.2. The van der Waals surface area contributed by atoms with Gasteiger partial charge in [0.05, 0.1) is 11.4 Å². The molecule has 3 rings (SSSR count). The largest absolute Gasteiger partial charge is 0.470 e. The first-order chi connectivity index (χ1) is 11.0. The minimum atomic E-state index is -3.77. The molecule has 0 aromatic heterocycles. The number of halogens is 1. The van der Waals surface area contributed by atoms with Crippen molar-refractivity contribution in [1.29, 1.82) is 0 Å². The number of sulfonamides is 1. The number of rotatable bonds is 4. The SMILES string of the molecule is CNCCC1Oc2cc(F)ccc2N(c2ccccc2)S1(=O)=O. The third-order valence-electron chi connectivity index (χ3n) is 3.61. The highest BCUT2D eigenvalue weighted by molar-refractivity contribution is 7.93. The van der Waals surface area contributed by atoms with Crippen LogP contribution >= 0.6 is 0 Å². The molecule has 0 saturated heterocycles. The van der Waals surface area contributed by atoms with Gasteiger partial charge in [0.2, 0.25) is 5.44 Å². The molecule has 5 nitrogen and oxygen atoms in total. The van der Waals surface area contributed by atoms with Crippen molar-refractivity contribution in [2.45, 2.75) is 11.9 Å². The van der Waals surface area contributed by atoms with Crippen LogP contribution in [-0.4, -0.2) is 27.4 Å². The van der Waals surface area contributed by atoms with Crippen LogP contribution in [-0.2, 0) is 10.0 Å². The summed E-state index contributed by atoms with van der Waals surface area (Å²) in [5, 5.41) is 2.91. The zero-order valence-electron chi connectivity index (χ0n) is 12.6. The number of hydrogen-bond donors (Lipinski definition) is 1. The smallest absolute Gasteiger partial charge is 0.278 e. The lowest BCUT2D eigenvalue weighted by Crippen LogP contribution is -2.44. The van der Waals surface area contributed by atoms with Crippen molar-refractivity contribution in [1.82, 2.24) is 5.32 Å². The molecular weight excluding hydrogens is 319 g/mol. The number of ether oxygens (including phenoxy) is 1. The van der Waals surface area contributed by atoms with E-state index in [1.54, 1.807) is 37.4 Å². The lowest BCUT2D eigenvalue weighted by Gasteiger charge is -2.35. The molecule has 1 aliphatic heterocycles. The van der Waals surface area contributed by atoms with Gasteiger partial charge in [0.15, 0.2) is 0 Å². The molecule has 122 valence electrons. The predicted octanol–water partition coefficient (Wildman–Crippen LogP) is 2.62. The van der Waals surface area contributed by atoms with E-state index in [0.717, 1.165) is 0 Å². The Morgan fingerprint density at radius 3 is 2.65 bits per heavy atom. The lowest BCUT2D eigenvalue weighted by molar-refractivity contribution is 0.256. The standard InChI is InChI=1S/C16H17FN2O3S/c1-18-10-9-16-22-15-11-12(17)7-8-14(15)19(23(16,20)21)13-5-3-2-4-6-13/h2-8,11,16,18H,9-10H2,1H3. The average Bonchev–Trinajstić information content (AvgIpc) is 2.53. The van der Waals surface area contributed by atoms with Gasteiger partial charge in [0.1, 0.15) is 11.6 Å². The number of hydrogen-bond acceptors (Lipinski definition) is 4. The van der Waals surface area contributed by atoms with Gasteiger partial charge in [-0.25, -0.2) is 17.1 Å². The van der Waals surface area contributed by atoms with Crippen LogP contribution in [0.4, 0.5) is 15.8 Å². The summed E-state index contributed by atoms with van der Waals surface area (Å²) in [5.41, 5.74) is -0.249. The van der Waals surface area contributed by atoms with Crippen LogP contribution in [0.25, 0.3) is 0 Å². The van der Waals surface area contributed by atoms with E-state index in [4.69, 9.17) is 4.74 Å². The van der Waals surface area contributed by atoms with E-state index >= 15 is 0 Å². The summed E-state index contributed by atoms with van der Waals surface area (Å²) in [6.45, 7) is 0.469. The van der Waals surface area contributed by atoms with Gasteiger partial charge in [0.25, 0.3) is 10.0 Å². The number of para-hydroxylation sites is 1. The fourth-order valence-electron chi connectivity index (χ4n) is 2.53. The fourth-order valence-corrected chi connectivity index (χ4v) is 4.24. The van der Waals surface area contributed by atoms with Crippen LogP contribution in [0, 0.1) is 5.82 Å². The number of nitrogens with zero attached hydrogens (tertiary/aromatic N) is 1. The van der Waals surface area contributed by atoms with Crippen LogP contribution in [0.2, 0.25) is 0 Å². The van der Waals surface area contributed by atoms with E-state index in [0.29, 0.717) is 17.9 Å². The molecule has 0 aliphatic carbocycles. The molecule has 1 unspecified atom stereocenters. The first-order valence-corrected chi connectivity index (χ1v) is 8.74. The molecule has 0 amide bonds. The third kappa shape index (κ3) is 2.89. The van der Waals surface area contributed by atoms with Gasteiger partial charge < -0.3 is 10.1 Å². The van der Waals surface area contributed by atoms with Gasteiger partial charge in [-0.3, -0.25) is 0 Å². The number of nitrogens with one attached hydrogen (secondary N) is 1. The van der Waals surface area contributed by atoms with Gasteiger partial charge in [0, 0.05) is 12.5 Å². The summed E-state index contributed by atoms with van der Waals surface area (Å²) < 4.78 is 46.2. The van der Waals surface area contributed by atoms with E-state index < -0.39 is 21.3 Å². The summed E-state index contributed by atoms with van der Waals surface area (Å²) in [6.07, 6.45) is 0.262. The number of anilines is 2. The molecule has 1 heterocycles. The van der Waals surface area contributed by atoms with Crippen LogP contribution in [0.3, 0.4) is 0 Å². The summed E-state index contributed by atoms with van der Waals surface area (Å²) in [7, 11) is -2.03. The van der Waals surface area contributed by atoms with Crippen molar-refractivity contribution in [3.8, 4) is 5.75 Å². The molecule has 23 heavy (non-hydrogen) atoms. The fraction of sp³-hybridized carbons (Fsp3) is 0.250. The summed E-state index contributed by atoms with van der Waals surface area (Å²) in [6, 6.07) is 12.6. The molecule has 0 radical (unpaired) electrons. The van der Waals surface area contributed by atoms with Gasteiger partial charge >= 0.3 is 0 Å². The molecule has 0 bridgehead atoms. The average molecular weight is 336 g/mol. The maximum Gasteiger partial charge on any atom is 0.278 e. The minimum absolute atomic E-state index is 0.227. The Morgan fingerprint density at radius 1 is 1.22 bits per heavy atom. The molecule has 2 aromatic rings. The Labute approximate surface area is 134 Å². The number of fused-ring (bicyclic) bond motifs is 1. The Balaban J connectivity index is 2.14. The van der Waals surface area contributed by atoms with Crippen LogP contribution in [0.5, 0.6) is 5.75 Å². The summed E-state index contributed by atoms with van der Waals surface area (Å²) >= 11 is 0. The molecule has 0 fully saturated rings. The molecule has 1 aliphatic rings. The normalized spacial score (nSPS) is 19.0. The van der Waals surface area contributed by atoms with E-state index in [2.05, 4.69) is 5.32 Å². The summed E-state index contributed by atoms with van der Waals surface area (Å²) in [5.74, 6) is -0.242. The van der Waals surface area contributed by atoms with Crippen LogP contribution < -0.4 is 14.4 Å². The quantitative estimate of drug-likeness (QED) is 0.932. The van der Waals surface area contributed by atoms with Gasteiger partial charge in [-0.2, -0.15) is 0 Å². The lowest BCUT2D eigenvalue weighted by atomic mass is 10.2. The van der Waals surface area contributed by atoms with Gasteiger partial charge in [-0.1, -0.05) is 18.2 Å². The maximum atomic E-state index is 13.5. The van der Waals surface area contributed by atoms with Crippen LogP contribution in [0.1, 0.15) is 6.42 Å². The topological polar surface area (TPSA) is 58.6 Å². The highest BCUT2D eigenvalue weighted by Gasteiger charge is 2.40. The van der Waals surface area contributed by atoms with Crippen molar-refractivity contribution < 1.29 is 17.5 Å². The van der Waals surface area contributed by atoms with Crippen molar-refractivity contribution in [3.63, 3.8) is 0 Å². The van der Waals surface area contributed by atoms with Crippen molar-refractivity contribution >= 4 is 21.4 Å². The second-order valence-electron chi connectivity index (χ2n) is 5.20. The van der Waals surface area contributed by atoms with E-state index in [9.17, 15) is 12.8 Å². The van der Waals surface area contributed by atoms with E-state index in [1.807, 2.05) is 0 Å². The van der Waals surface area contributed by atoms with Gasteiger partial charge in [-0.15, -0.1) is 0 Å². The van der Waals surface area contributed by atoms with E-state index in [-0.39, 0.29) is 12.2 Å². The summed E-state index contributed by atoms with van der Waals surface area (Å²) in [4.78, 5) is 0. The molecule has 7 heteroatoms. The molecule has 0 spiro atoms. The molecule has 2 aromatic carbocycles.